The molecule has 0 atom stereocenters. The van der Waals surface area contributed by atoms with Gasteiger partial charge in [-0.3, -0.25) is 0 Å². The molecule has 3 nitrogen and oxygen atoms in total. The minimum absolute atomic E-state index is 0.761. The van der Waals surface area contributed by atoms with Gasteiger partial charge in [-0.2, -0.15) is 0 Å². The Morgan fingerprint density at radius 2 is 0.316 bits per heavy atom. The SMILES string of the molecule is CCCCCCCCCCC#Cc1cc(C#CCCCCCCCCCC)c2cc1c1cccc(c1OC)c1cc(c(C#CCCCCCCCCCC)cc1C#CCCCCCCCCCC)c1cccc(c1OC)c1cc(c(C#CCCCCCCCCCC)cc1C#CCCCCCCCCCC)c1cccc2c1OC. The maximum atomic E-state index is 6.97. The van der Waals surface area contributed by atoms with E-state index in [0.29, 0.717) is 0 Å². The number of para-hydroxylation sites is 3. The zero-order chi connectivity index (χ0) is 80.5. The summed E-state index contributed by atoms with van der Waals surface area (Å²) >= 11 is 0. The first-order chi connectivity index (χ1) is 56.4. The smallest absolute Gasteiger partial charge is 0.134 e. The van der Waals surface area contributed by atoms with Crippen molar-refractivity contribution in [1.29, 1.82) is 0 Å². The van der Waals surface area contributed by atoms with Crippen molar-refractivity contribution in [2.24, 2.45) is 0 Å². The van der Waals surface area contributed by atoms with Gasteiger partial charge in [0.25, 0.3) is 0 Å². The Labute approximate surface area is 696 Å². The van der Waals surface area contributed by atoms with Gasteiger partial charge >= 0.3 is 0 Å². The second-order valence-corrected chi connectivity index (χ2v) is 32.6. The molecule has 0 spiro atoms. The van der Waals surface area contributed by atoms with Crippen LogP contribution in [0.25, 0.3) is 64.6 Å². The summed E-state index contributed by atoms with van der Waals surface area (Å²) in [6.07, 6.45) is 65.1. The molecule has 0 aromatic heterocycles. The predicted octanol–water partition coefficient (Wildman–Crippen LogP) is 33.6. The number of fused-ring (bicyclic) bond motifs is 18. The van der Waals surface area contributed by atoms with Gasteiger partial charge in [0.1, 0.15) is 17.2 Å². The van der Waals surface area contributed by atoms with Crippen LogP contribution in [0.3, 0.4) is 0 Å². The van der Waals surface area contributed by atoms with Crippen molar-refractivity contribution in [3.05, 3.63) is 124 Å². The third kappa shape index (κ3) is 32.6. The highest BCUT2D eigenvalue weighted by molar-refractivity contribution is 6.13. The highest BCUT2D eigenvalue weighted by Gasteiger charge is 2.19. The molecular weight excluding hydrogens is 1380 g/mol. The lowest BCUT2D eigenvalue weighted by Gasteiger charge is -2.14. The maximum Gasteiger partial charge on any atom is 0.134 e. The molecule has 0 saturated carbocycles. The van der Waals surface area contributed by atoms with E-state index >= 15 is 0 Å². The average Bonchev–Trinajstić information content (AvgIpc) is 0.746. The number of rotatable bonds is 51. The summed E-state index contributed by atoms with van der Waals surface area (Å²) in [6, 6.07) is 34.0. The van der Waals surface area contributed by atoms with Crippen LogP contribution in [0.15, 0.2) is 91.0 Å². The van der Waals surface area contributed by atoms with Gasteiger partial charge in [-0.05, 0) is 74.9 Å². The molecule has 0 unspecified atom stereocenters. The lowest BCUT2D eigenvalue weighted by molar-refractivity contribution is 0.424. The predicted molar refractivity (Wildman–Crippen MR) is 502 cm³/mol. The third-order valence-corrected chi connectivity index (χ3v) is 23.1. The standard InChI is InChI=1S/C111H150O3/c1-10-16-22-28-34-40-46-52-58-64-73-91-85-92(74-65-59-53-47-41-35-29-23-17-11-2)104-88-103(91)97-79-70-80-99(109(97)112-7)105-89-106(94(76-67-61-55-49-43-37-31-25-19-13-4)86-93(105)75-66-60-54-48-42-36-30-24-18-12-3)101-83-72-84-102(111(101)114-9)108-90-107(100-82-71-81-98(104)110(100)113-8)95(77-68-62-56-50-44-38-32-26-20-14-5)87-96(108)78-69-63-57-51-45-39-33-27-21-15-6/h70-72,79-90H,10-63H2,1-9H3. The summed E-state index contributed by atoms with van der Waals surface area (Å²) in [5.74, 6) is 47.9. The van der Waals surface area contributed by atoms with Crippen LogP contribution in [0.1, 0.15) is 422 Å². The molecule has 0 aliphatic carbocycles. The molecular formula is C111H150O3. The molecule has 114 heavy (non-hydrogen) atoms. The fraction of sp³-hybridized carbons (Fsp3) is 0.568. The highest BCUT2D eigenvalue weighted by Crippen LogP contribution is 2.43. The topological polar surface area (TPSA) is 27.7 Å². The van der Waals surface area contributed by atoms with Crippen LogP contribution < -0.4 is 14.2 Å². The van der Waals surface area contributed by atoms with Crippen molar-refractivity contribution in [2.75, 3.05) is 21.3 Å². The maximum absolute atomic E-state index is 6.97. The van der Waals surface area contributed by atoms with E-state index in [4.69, 9.17) is 14.2 Å². The Bertz CT molecular complexity index is 3790. The van der Waals surface area contributed by atoms with Crippen LogP contribution >= 0.6 is 0 Å². The van der Waals surface area contributed by atoms with Crippen LogP contribution in [-0.2, 0) is 0 Å². The fourth-order valence-electron chi connectivity index (χ4n) is 16.3. The van der Waals surface area contributed by atoms with Crippen LogP contribution in [0, 0.1) is 71.0 Å². The summed E-state index contributed by atoms with van der Waals surface area (Å²) in [4.78, 5) is 0. The van der Waals surface area contributed by atoms with Crippen LogP contribution in [0.5, 0.6) is 17.2 Å². The first-order valence-electron chi connectivity index (χ1n) is 46.9. The Morgan fingerprint density at radius 1 is 0.175 bits per heavy atom. The number of hydrogen-bond acceptors (Lipinski definition) is 3. The molecule has 0 radical (unpaired) electrons. The molecule has 3 heteroatoms. The minimum Gasteiger partial charge on any atom is -0.495 e. The summed E-state index contributed by atoms with van der Waals surface area (Å²) in [5.41, 5.74) is 5.60. The van der Waals surface area contributed by atoms with Gasteiger partial charge in [0.2, 0.25) is 0 Å². The molecule has 612 valence electrons. The van der Waals surface area contributed by atoms with Gasteiger partial charge < -0.3 is 14.2 Å². The second-order valence-electron chi connectivity index (χ2n) is 32.6. The lowest BCUT2D eigenvalue weighted by Crippen LogP contribution is -1.94. The highest BCUT2D eigenvalue weighted by atomic mass is 16.5. The fourth-order valence-corrected chi connectivity index (χ4v) is 16.3. The Balaban J connectivity index is 1.65. The summed E-state index contributed by atoms with van der Waals surface area (Å²) in [6.45, 7) is 13.8. The van der Waals surface area contributed by atoms with Gasteiger partial charge in [-0.25, -0.2) is 0 Å². The first-order valence-corrected chi connectivity index (χ1v) is 46.9. The van der Waals surface area contributed by atoms with Gasteiger partial charge in [-0.1, -0.05) is 437 Å². The summed E-state index contributed by atoms with van der Waals surface area (Å²) < 4.78 is 20.9. The third-order valence-electron chi connectivity index (χ3n) is 23.1. The van der Waals surface area contributed by atoms with Crippen molar-refractivity contribution in [3.8, 4) is 88.3 Å². The monoisotopic (exact) mass is 1530 g/mol. The molecule has 12 bridgehead atoms. The minimum atomic E-state index is 0.761. The van der Waals surface area contributed by atoms with Crippen molar-refractivity contribution >= 4 is 64.6 Å². The van der Waals surface area contributed by atoms with Gasteiger partial charge in [0.05, 0.1) is 21.3 Å². The zero-order valence-electron chi connectivity index (χ0n) is 73.6. The van der Waals surface area contributed by atoms with Gasteiger partial charge in [0, 0.05) is 137 Å². The molecule has 0 heterocycles. The van der Waals surface area contributed by atoms with Gasteiger partial charge in [-0.15, -0.1) is 0 Å². The molecule has 0 fully saturated rings. The number of hydrogen-bond donors (Lipinski definition) is 0. The summed E-state index contributed by atoms with van der Waals surface area (Å²) in [5, 5.41) is 11.6. The second kappa shape index (κ2) is 58.8. The number of ether oxygens (including phenoxy) is 3. The van der Waals surface area contributed by atoms with Crippen molar-refractivity contribution in [2.45, 2.75) is 388 Å². The molecule has 0 aliphatic rings. The Hall–Kier alpha value is -7.92. The molecule has 7 rings (SSSR count). The molecule has 0 N–H and O–H groups in total. The average molecular weight is 1530 g/mol. The van der Waals surface area contributed by atoms with E-state index in [1.807, 2.05) is 21.3 Å². The largest absolute Gasteiger partial charge is 0.495 e. The van der Waals surface area contributed by atoms with Crippen LogP contribution in [0.2, 0.25) is 0 Å². The molecule has 7 aromatic rings. The van der Waals surface area contributed by atoms with Crippen molar-refractivity contribution in [1.82, 2.24) is 0 Å². The molecule has 0 aliphatic heterocycles. The van der Waals surface area contributed by atoms with E-state index < -0.39 is 0 Å². The number of benzene rings is 6. The molecule has 0 saturated heterocycles. The van der Waals surface area contributed by atoms with Crippen molar-refractivity contribution < 1.29 is 14.2 Å². The molecule has 7 aromatic carbocycles. The van der Waals surface area contributed by atoms with Crippen LogP contribution in [-0.4, -0.2) is 21.3 Å². The van der Waals surface area contributed by atoms with Crippen molar-refractivity contribution in [3.63, 3.8) is 0 Å². The van der Waals surface area contributed by atoms with E-state index in [9.17, 15) is 0 Å². The summed E-state index contributed by atoms with van der Waals surface area (Å²) in [7, 11) is 5.52. The number of methoxy groups -OCH3 is 3. The number of unbranched alkanes of at least 4 members (excludes halogenated alkanes) is 48. The van der Waals surface area contributed by atoms with Crippen LogP contribution in [0.4, 0.5) is 0 Å². The Kier molecular flexibility index (Phi) is 48.1. The zero-order valence-corrected chi connectivity index (χ0v) is 73.6. The lowest BCUT2D eigenvalue weighted by atomic mass is 9.92. The molecule has 0 amide bonds. The van der Waals surface area contributed by atoms with E-state index in [2.05, 4.69) is 204 Å². The van der Waals surface area contributed by atoms with E-state index in [-0.39, 0.29) is 0 Å². The Morgan fingerprint density at radius 3 is 0.456 bits per heavy atom. The van der Waals surface area contributed by atoms with Gasteiger partial charge in [0.15, 0.2) is 0 Å². The quantitative estimate of drug-likeness (QED) is 0.0281. The van der Waals surface area contributed by atoms with E-state index in [0.717, 1.165) is 192 Å². The van der Waals surface area contributed by atoms with E-state index in [1.54, 1.807) is 0 Å². The first kappa shape index (κ1) is 93.2. The normalized spacial score (nSPS) is 10.9. The van der Waals surface area contributed by atoms with E-state index in [1.165, 1.54) is 270 Å².